The van der Waals surface area contributed by atoms with Crippen molar-refractivity contribution < 1.29 is 8.83 Å². The number of aliphatic imine (C=N–C) groups is 2. The molecule has 0 saturated heterocycles. The van der Waals surface area contributed by atoms with Gasteiger partial charge in [-0.25, -0.2) is 9.98 Å². The summed E-state index contributed by atoms with van der Waals surface area (Å²) in [6.07, 6.45) is 8.29. The molecular weight excluding hydrogens is 845 g/mol. The van der Waals surface area contributed by atoms with Crippen molar-refractivity contribution in [3.63, 3.8) is 0 Å². The van der Waals surface area contributed by atoms with Gasteiger partial charge in [0.2, 0.25) is 0 Å². The van der Waals surface area contributed by atoms with Crippen LogP contribution in [0.1, 0.15) is 24.0 Å². The topological polar surface area (TPSA) is 68.0 Å². The molecule has 326 valence electrons. The van der Waals surface area contributed by atoms with E-state index in [2.05, 4.69) is 210 Å². The van der Waals surface area contributed by atoms with Crippen molar-refractivity contribution in [3.8, 4) is 39.1 Å². The van der Waals surface area contributed by atoms with Crippen LogP contribution in [0.5, 0.6) is 0 Å². The zero-order valence-corrected chi connectivity index (χ0v) is 37.4. The number of hydrogen-bond donors (Lipinski definition) is 1. The largest absolute Gasteiger partial charge is 0.456 e. The number of allylic oxidation sites excluding steroid dienone is 3. The predicted molar refractivity (Wildman–Crippen MR) is 285 cm³/mol. The summed E-state index contributed by atoms with van der Waals surface area (Å²) < 4.78 is 16.0. The molecule has 1 aliphatic carbocycles. The summed E-state index contributed by atoms with van der Waals surface area (Å²) in [5, 5.41) is 10.4. The smallest absolute Gasteiger partial charge is 0.159 e. The molecule has 14 rings (SSSR count). The normalized spacial score (nSPS) is 15.0. The second-order valence-corrected chi connectivity index (χ2v) is 18.0. The molecule has 0 saturated carbocycles. The number of fused-ring (bicyclic) bond motifs is 9. The van der Waals surface area contributed by atoms with E-state index in [0.29, 0.717) is 0 Å². The van der Waals surface area contributed by atoms with Crippen molar-refractivity contribution in [2.45, 2.75) is 19.0 Å². The zero-order chi connectivity index (χ0) is 45.4. The van der Waals surface area contributed by atoms with Crippen LogP contribution < -0.4 is 5.32 Å². The summed E-state index contributed by atoms with van der Waals surface area (Å²) in [6, 6.07) is 70.8. The summed E-state index contributed by atoms with van der Waals surface area (Å²) in [6.45, 7) is 0. The van der Waals surface area contributed by atoms with Gasteiger partial charge in [-0.05, 0) is 101 Å². The summed E-state index contributed by atoms with van der Waals surface area (Å²) in [5.74, 6) is 1.53. The van der Waals surface area contributed by atoms with Gasteiger partial charge in [0.25, 0.3) is 0 Å². The Balaban J connectivity index is 0.857. The zero-order valence-electron chi connectivity index (χ0n) is 37.4. The van der Waals surface area contributed by atoms with Crippen molar-refractivity contribution in [3.05, 3.63) is 235 Å². The van der Waals surface area contributed by atoms with Crippen molar-refractivity contribution in [2.75, 3.05) is 0 Å². The van der Waals surface area contributed by atoms with Crippen LogP contribution in [0.25, 0.3) is 105 Å². The molecule has 3 aromatic heterocycles. The Hall–Kier alpha value is -9.00. The molecule has 0 amide bonds. The minimum Gasteiger partial charge on any atom is -0.456 e. The number of benzene rings is 9. The molecule has 0 fully saturated rings. The Morgan fingerprint density at radius 2 is 1.17 bits per heavy atom. The van der Waals surface area contributed by atoms with Gasteiger partial charge in [-0.2, -0.15) is 0 Å². The Morgan fingerprint density at radius 3 is 2.04 bits per heavy atom. The maximum absolute atomic E-state index is 6.85. The fraction of sp³-hybridized carbons (Fsp3) is 0.0476. The molecule has 4 heterocycles. The van der Waals surface area contributed by atoms with Gasteiger partial charge in [-0.1, -0.05) is 164 Å². The molecule has 69 heavy (non-hydrogen) atoms. The fourth-order valence-corrected chi connectivity index (χ4v) is 10.7. The van der Waals surface area contributed by atoms with E-state index in [1.165, 1.54) is 27.5 Å². The first-order valence-electron chi connectivity index (χ1n) is 23.6. The van der Waals surface area contributed by atoms with Crippen LogP contribution in [0, 0.1) is 0 Å². The maximum atomic E-state index is 6.85. The first-order valence-corrected chi connectivity index (χ1v) is 23.6. The highest BCUT2D eigenvalue weighted by Gasteiger charge is 2.25. The molecule has 0 spiro atoms. The molecule has 6 nitrogen and oxygen atoms in total. The van der Waals surface area contributed by atoms with E-state index in [9.17, 15) is 0 Å². The minimum absolute atomic E-state index is 0.198. The second kappa shape index (κ2) is 15.8. The van der Waals surface area contributed by atoms with E-state index in [4.69, 9.17) is 18.8 Å². The number of nitrogens with one attached hydrogen (secondary N) is 1. The van der Waals surface area contributed by atoms with Crippen molar-refractivity contribution in [2.24, 2.45) is 9.98 Å². The van der Waals surface area contributed by atoms with E-state index in [-0.39, 0.29) is 6.17 Å². The standard InChI is InChI=1S/C63H42N4O2/c1-4-16-39(17-5-1)42-33-35-53-51(37-42)48-24-10-11-28-52(48)67(53)54-29-15-31-56-59(54)49-34-32-44(38-57(49)68-56)47-26-13-27-50-58-46(25-14-30-55(58)69-60(47)50)43-22-12-23-45(36-43)63-65-61(40-18-6-2-7-19-40)64-62(66-63)41-20-8-3-9-21-41/h1-8,10-20,22-38,62H,9,21H2,(H,64,65,66). The first kappa shape index (κ1) is 39.2. The third kappa shape index (κ3) is 6.48. The number of nitrogens with zero attached hydrogens (tertiary/aromatic N) is 3. The van der Waals surface area contributed by atoms with E-state index < -0.39 is 0 Å². The van der Waals surface area contributed by atoms with Gasteiger partial charge in [0.05, 0.1) is 22.1 Å². The predicted octanol–water partition coefficient (Wildman–Crippen LogP) is 16.0. The lowest BCUT2D eigenvalue weighted by atomic mass is 9.95. The second-order valence-electron chi connectivity index (χ2n) is 18.0. The summed E-state index contributed by atoms with van der Waals surface area (Å²) in [5.41, 5.74) is 16.6. The average molecular weight is 887 g/mol. The summed E-state index contributed by atoms with van der Waals surface area (Å²) in [7, 11) is 0. The van der Waals surface area contributed by atoms with Gasteiger partial charge in [0.15, 0.2) is 5.84 Å². The number of para-hydroxylation sites is 2. The molecular formula is C63H42N4O2. The molecule has 1 N–H and O–H groups in total. The van der Waals surface area contributed by atoms with Crippen molar-refractivity contribution in [1.82, 2.24) is 9.88 Å². The van der Waals surface area contributed by atoms with Gasteiger partial charge in [0, 0.05) is 43.6 Å². The molecule has 2 aliphatic rings. The van der Waals surface area contributed by atoms with Crippen LogP contribution >= 0.6 is 0 Å². The molecule has 9 aromatic carbocycles. The van der Waals surface area contributed by atoms with Gasteiger partial charge >= 0.3 is 0 Å². The first-order chi connectivity index (χ1) is 34.2. The summed E-state index contributed by atoms with van der Waals surface area (Å²) in [4.78, 5) is 10.2. The maximum Gasteiger partial charge on any atom is 0.159 e. The van der Waals surface area contributed by atoms with Crippen LogP contribution in [0.2, 0.25) is 0 Å². The molecule has 1 unspecified atom stereocenters. The summed E-state index contributed by atoms with van der Waals surface area (Å²) >= 11 is 0. The third-order valence-corrected chi connectivity index (χ3v) is 13.9. The quantitative estimate of drug-likeness (QED) is 0.173. The highest BCUT2D eigenvalue weighted by molar-refractivity contribution is 6.18. The monoisotopic (exact) mass is 886 g/mol. The molecule has 1 aliphatic heterocycles. The number of furan rings is 2. The van der Waals surface area contributed by atoms with Crippen LogP contribution in [0.3, 0.4) is 0 Å². The molecule has 0 bridgehead atoms. The van der Waals surface area contributed by atoms with E-state index in [0.717, 1.165) is 118 Å². The van der Waals surface area contributed by atoms with E-state index in [1.54, 1.807) is 0 Å². The number of aromatic nitrogens is 1. The number of hydrogen-bond acceptors (Lipinski definition) is 5. The number of amidine groups is 2. The third-order valence-electron chi connectivity index (χ3n) is 13.9. The van der Waals surface area contributed by atoms with Gasteiger partial charge < -0.3 is 18.7 Å². The Labute approximate surface area is 397 Å². The van der Waals surface area contributed by atoms with Crippen LogP contribution in [-0.2, 0) is 0 Å². The van der Waals surface area contributed by atoms with Crippen LogP contribution in [-0.4, -0.2) is 22.4 Å². The Bertz CT molecular complexity index is 4170. The highest BCUT2D eigenvalue weighted by atomic mass is 16.3. The molecule has 12 aromatic rings. The SMILES string of the molecule is C1=CCCC(C2N=C(c3ccccc3)N=C(c3cccc(-c4cccc5oc6c(-c7ccc8c(c7)oc7cccc(-n9c%10ccccc%10c%10cc(-c%11ccccc%11)ccc%109)c78)cccc6c45)c3)N2)=C1. The Morgan fingerprint density at radius 1 is 0.478 bits per heavy atom. The van der Waals surface area contributed by atoms with Crippen molar-refractivity contribution in [1.29, 1.82) is 0 Å². The Kier molecular flexibility index (Phi) is 8.99. The van der Waals surface area contributed by atoms with Crippen LogP contribution in [0.15, 0.2) is 243 Å². The number of rotatable bonds is 7. The minimum atomic E-state index is -0.198. The lowest BCUT2D eigenvalue weighted by Crippen LogP contribution is -2.40. The molecule has 6 heteroatoms. The fourth-order valence-electron chi connectivity index (χ4n) is 10.7. The van der Waals surface area contributed by atoms with Crippen LogP contribution in [0.4, 0.5) is 0 Å². The highest BCUT2D eigenvalue weighted by Crippen LogP contribution is 2.44. The van der Waals surface area contributed by atoms with Gasteiger partial charge in [0.1, 0.15) is 34.3 Å². The van der Waals surface area contributed by atoms with E-state index >= 15 is 0 Å². The molecule has 1 atom stereocenters. The van der Waals surface area contributed by atoms with Gasteiger partial charge in [-0.15, -0.1) is 0 Å². The van der Waals surface area contributed by atoms with Crippen molar-refractivity contribution >= 4 is 77.4 Å². The van der Waals surface area contributed by atoms with E-state index in [1.807, 2.05) is 18.2 Å². The lowest BCUT2D eigenvalue weighted by Gasteiger charge is -2.26. The lowest BCUT2D eigenvalue weighted by molar-refractivity contribution is 0.668. The average Bonchev–Trinajstić information content (AvgIpc) is 4.11. The van der Waals surface area contributed by atoms with Gasteiger partial charge in [-0.3, -0.25) is 0 Å². The molecule has 0 radical (unpaired) electrons.